The molecule has 0 saturated carbocycles. The van der Waals surface area contributed by atoms with Gasteiger partial charge in [-0.1, -0.05) is 18.2 Å². The van der Waals surface area contributed by atoms with E-state index in [0.717, 1.165) is 0 Å². The summed E-state index contributed by atoms with van der Waals surface area (Å²) in [6, 6.07) is 5.46. The molecule has 1 aromatic carbocycles. The maximum Gasteiger partial charge on any atom is 0.516 e. The number of sulfonamides is 1. The Morgan fingerprint density at radius 2 is 1.92 bits per heavy atom. The van der Waals surface area contributed by atoms with Gasteiger partial charge in [-0.25, -0.2) is 4.79 Å². The van der Waals surface area contributed by atoms with Gasteiger partial charge in [-0.05, 0) is 25.5 Å². The zero-order valence-corrected chi connectivity index (χ0v) is 14.4. The highest BCUT2D eigenvalue weighted by atomic mass is 32.2. The highest BCUT2D eigenvalue weighted by Gasteiger charge is 2.49. The van der Waals surface area contributed by atoms with Gasteiger partial charge in [-0.2, -0.15) is 21.6 Å². The molecular weight excluding hydrogens is 365 g/mol. The number of halogens is 3. The van der Waals surface area contributed by atoms with Gasteiger partial charge >= 0.3 is 21.6 Å². The van der Waals surface area contributed by atoms with E-state index in [2.05, 4.69) is 0 Å². The van der Waals surface area contributed by atoms with Crippen LogP contribution in [0.1, 0.15) is 19.4 Å². The summed E-state index contributed by atoms with van der Waals surface area (Å²) in [5, 5.41) is 0. The first-order valence-electron chi connectivity index (χ1n) is 7.08. The zero-order chi connectivity index (χ0) is 19.0. The minimum absolute atomic E-state index is 0.159. The van der Waals surface area contributed by atoms with Gasteiger partial charge in [0.15, 0.2) is 11.8 Å². The first-order chi connectivity index (χ1) is 11.4. The molecular formula is C14H17F3N2O5S. The van der Waals surface area contributed by atoms with E-state index in [1.165, 1.54) is 41.0 Å². The van der Waals surface area contributed by atoms with E-state index in [9.17, 15) is 26.4 Å². The SMILES string of the molecule is COC1N(Cc2ccccc2NS(=O)(=O)C(F)(F)F)C(=O)OC1(C)C. The average molecular weight is 382 g/mol. The van der Waals surface area contributed by atoms with Crippen molar-refractivity contribution in [1.82, 2.24) is 4.90 Å². The number of alkyl halides is 3. The maximum atomic E-state index is 12.6. The number of cyclic esters (lactones) is 1. The number of hydrogen-bond acceptors (Lipinski definition) is 5. The van der Waals surface area contributed by atoms with E-state index < -0.39 is 33.5 Å². The van der Waals surface area contributed by atoms with Crippen molar-refractivity contribution in [3.05, 3.63) is 29.8 Å². The molecule has 0 radical (unpaired) electrons. The number of benzene rings is 1. The van der Waals surface area contributed by atoms with Gasteiger partial charge in [-0.3, -0.25) is 9.62 Å². The van der Waals surface area contributed by atoms with Gasteiger partial charge in [-0.15, -0.1) is 0 Å². The Morgan fingerprint density at radius 3 is 2.48 bits per heavy atom. The number of para-hydroxylation sites is 1. The van der Waals surface area contributed by atoms with Gasteiger partial charge < -0.3 is 9.47 Å². The summed E-state index contributed by atoms with van der Waals surface area (Å²) in [5.41, 5.74) is -6.55. The van der Waals surface area contributed by atoms with E-state index in [1.807, 2.05) is 0 Å². The number of ether oxygens (including phenoxy) is 2. The third-order valence-electron chi connectivity index (χ3n) is 3.59. The van der Waals surface area contributed by atoms with Crippen LogP contribution in [0.5, 0.6) is 0 Å². The molecule has 1 atom stereocenters. The Labute approximate surface area is 142 Å². The molecule has 1 amide bonds. The van der Waals surface area contributed by atoms with Crippen molar-refractivity contribution >= 4 is 21.8 Å². The third-order valence-corrected chi connectivity index (χ3v) is 4.69. The molecule has 1 aliphatic heterocycles. The standard InChI is InChI=1S/C14H17F3N2O5S/c1-13(2)11(23-3)19(12(20)24-13)8-9-6-4-5-7-10(9)18-25(21,22)14(15,16)17/h4-7,11,18H,8H2,1-3H3. The summed E-state index contributed by atoms with van der Waals surface area (Å²) in [7, 11) is -4.22. The second-order valence-electron chi connectivity index (χ2n) is 5.90. The first-order valence-corrected chi connectivity index (χ1v) is 8.57. The summed E-state index contributed by atoms with van der Waals surface area (Å²) >= 11 is 0. The molecule has 140 valence electrons. The molecule has 0 aliphatic carbocycles. The molecule has 1 aliphatic rings. The minimum atomic E-state index is -5.58. The Morgan fingerprint density at radius 1 is 1.32 bits per heavy atom. The van der Waals surface area contributed by atoms with Crippen molar-refractivity contribution in [2.45, 2.75) is 37.7 Å². The summed E-state index contributed by atoms with van der Waals surface area (Å²) in [5.74, 6) is 0. The van der Waals surface area contributed by atoms with E-state index in [4.69, 9.17) is 9.47 Å². The number of nitrogens with one attached hydrogen (secondary N) is 1. The van der Waals surface area contributed by atoms with Gasteiger partial charge in [0, 0.05) is 7.11 Å². The number of rotatable bonds is 5. The lowest BCUT2D eigenvalue weighted by Gasteiger charge is -2.27. The lowest BCUT2D eigenvalue weighted by Crippen LogP contribution is -2.42. The Balaban J connectivity index is 2.32. The Bertz CT molecular complexity index is 764. The minimum Gasteiger partial charge on any atom is -0.439 e. The highest BCUT2D eigenvalue weighted by molar-refractivity contribution is 7.93. The molecule has 1 aromatic rings. The number of nitrogens with zero attached hydrogens (tertiary/aromatic N) is 1. The van der Waals surface area contributed by atoms with Crippen LogP contribution in [0.15, 0.2) is 24.3 Å². The van der Waals surface area contributed by atoms with Gasteiger partial charge in [0.2, 0.25) is 0 Å². The largest absolute Gasteiger partial charge is 0.516 e. The first kappa shape index (κ1) is 19.3. The molecule has 0 aromatic heterocycles. The fourth-order valence-corrected chi connectivity index (χ4v) is 3.11. The quantitative estimate of drug-likeness (QED) is 0.846. The molecule has 11 heteroatoms. The number of carbonyl (C=O) groups excluding carboxylic acids is 1. The zero-order valence-electron chi connectivity index (χ0n) is 13.6. The summed E-state index contributed by atoms with van der Waals surface area (Å²) in [6.45, 7) is 3.05. The molecule has 2 rings (SSSR count). The molecule has 1 heterocycles. The molecule has 1 saturated heterocycles. The van der Waals surface area contributed by atoms with Crippen LogP contribution in [0.3, 0.4) is 0 Å². The van der Waals surface area contributed by atoms with Crippen molar-refractivity contribution in [3.63, 3.8) is 0 Å². The van der Waals surface area contributed by atoms with Crippen LogP contribution in [-0.4, -0.2) is 43.9 Å². The van der Waals surface area contributed by atoms with E-state index in [-0.39, 0.29) is 17.8 Å². The lowest BCUT2D eigenvalue weighted by atomic mass is 10.1. The van der Waals surface area contributed by atoms with Gasteiger partial charge in [0.1, 0.15) is 0 Å². The maximum absolute atomic E-state index is 12.6. The lowest BCUT2D eigenvalue weighted by molar-refractivity contribution is -0.0684. The van der Waals surface area contributed by atoms with Crippen LogP contribution in [0.4, 0.5) is 23.7 Å². The van der Waals surface area contributed by atoms with Crippen molar-refractivity contribution in [2.24, 2.45) is 0 Å². The van der Waals surface area contributed by atoms with Crippen LogP contribution in [0.2, 0.25) is 0 Å². The van der Waals surface area contributed by atoms with Crippen molar-refractivity contribution in [3.8, 4) is 0 Å². The van der Waals surface area contributed by atoms with Gasteiger partial charge in [0.05, 0.1) is 12.2 Å². The molecule has 1 fully saturated rings. The van der Waals surface area contributed by atoms with Crippen LogP contribution < -0.4 is 4.72 Å². The summed E-state index contributed by atoms with van der Waals surface area (Å²) in [4.78, 5) is 13.2. The molecule has 7 nitrogen and oxygen atoms in total. The van der Waals surface area contributed by atoms with E-state index in [0.29, 0.717) is 0 Å². The average Bonchev–Trinajstić information content (AvgIpc) is 2.67. The Kier molecular flexibility index (Phi) is 4.92. The smallest absolute Gasteiger partial charge is 0.439 e. The second-order valence-corrected chi connectivity index (χ2v) is 7.57. The van der Waals surface area contributed by atoms with Crippen LogP contribution in [0, 0.1) is 0 Å². The predicted molar refractivity (Wildman–Crippen MR) is 81.9 cm³/mol. The topological polar surface area (TPSA) is 84.9 Å². The highest BCUT2D eigenvalue weighted by Crippen LogP contribution is 2.33. The van der Waals surface area contributed by atoms with Crippen LogP contribution in [0.25, 0.3) is 0 Å². The molecule has 1 unspecified atom stereocenters. The van der Waals surface area contributed by atoms with Crippen molar-refractivity contribution < 1.29 is 35.9 Å². The fraction of sp³-hybridized carbons (Fsp3) is 0.500. The number of anilines is 1. The third kappa shape index (κ3) is 3.82. The monoisotopic (exact) mass is 382 g/mol. The van der Waals surface area contributed by atoms with E-state index >= 15 is 0 Å². The molecule has 1 N–H and O–H groups in total. The number of methoxy groups -OCH3 is 1. The normalized spacial score (nSPS) is 20.5. The van der Waals surface area contributed by atoms with Crippen LogP contribution >= 0.6 is 0 Å². The number of hydrogen-bond donors (Lipinski definition) is 1. The number of amides is 1. The Hall–Kier alpha value is -2.01. The fourth-order valence-electron chi connectivity index (χ4n) is 2.51. The summed E-state index contributed by atoms with van der Waals surface area (Å²) < 4.78 is 72.3. The molecule has 25 heavy (non-hydrogen) atoms. The number of carbonyl (C=O) groups is 1. The van der Waals surface area contributed by atoms with E-state index in [1.54, 1.807) is 13.8 Å². The predicted octanol–water partition coefficient (Wildman–Crippen LogP) is 2.65. The molecule has 0 spiro atoms. The molecule has 0 bridgehead atoms. The van der Waals surface area contributed by atoms with Gasteiger partial charge in [0.25, 0.3) is 0 Å². The van der Waals surface area contributed by atoms with Crippen molar-refractivity contribution in [1.29, 1.82) is 0 Å². The van der Waals surface area contributed by atoms with Crippen LogP contribution in [-0.2, 0) is 26.0 Å². The second kappa shape index (κ2) is 6.37. The summed E-state index contributed by atoms with van der Waals surface area (Å²) in [6.07, 6.45) is -1.50. The van der Waals surface area contributed by atoms with Crippen molar-refractivity contribution in [2.75, 3.05) is 11.8 Å².